The van der Waals surface area contributed by atoms with E-state index < -0.39 is 0 Å². The Balaban J connectivity index is 3.30. The molecule has 0 aromatic heterocycles. The van der Waals surface area contributed by atoms with Gasteiger partial charge in [-0.1, -0.05) is 111 Å². The highest BCUT2D eigenvalue weighted by molar-refractivity contribution is 4.59. The van der Waals surface area contributed by atoms with Crippen LogP contribution in [0.15, 0.2) is 0 Å². The fourth-order valence-corrected chi connectivity index (χ4v) is 2.94. The van der Waals surface area contributed by atoms with E-state index in [1.807, 2.05) is 0 Å². The van der Waals surface area contributed by atoms with Crippen LogP contribution in [0.25, 0.3) is 0 Å². The number of unbranched alkanes of at least 4 members (excludes halogenated alkanes) is 6. The van der Waals surface area contributed by atoms with Crippen LogP contribution in [0, 0.1) is 11.8 Å². The Kier molecular flexibility index (Phi) is 14.4. The molecule has 0 aromatic carbocycles. The average molecular weight is 269 g/mol. The molecule has 0 amide bonds. The van der Waals surface area contributed by atoms with Gasteiger partial charge in [-0.25, -0.2) is 0 Å². The molecule has 0 saturated carbocycles. The zero-order chi connectivity index (χ0) is 14.3. The molecule has 0 fully saturated rings. The van der Waals surface area contributed by atoms with Crippen LogP contribution < -0.4 is 0 Å². The minimum Gasteiger partial charge on any atom is -0.0654 e. The Morgan fingerprint density at radius 1 is 0.474 bits per heavy atom. The summed E-state index contributed by atoms with van der Waals surface area (Å²) >= 11 is 0. The van der Waals surface area contributed by atoms with Gasteiger partial charge in [0.05, 0.1) is 0 Å². The van der Waals surface area contributed by atoms with Crippen molar-refractivity contribution in [2.75, 3.05) is 0 Å². The van der Waals surface area contributed by atoms with E-state index in [2.05, 4.69) is 27.7 Å². The van der Waals surface area contributed by atoms with Crippen molar-refractivity contribution in [1.29, 1.82) is 0 Å². The first-order valence-electron chi connectivity index (χ1n) is 9.20. The summed E-state index contributed by atoms with van der Waals surface area (Å²) in [5, 5.41) is 0. The van der Waals surface area contributed by atoms with Gasteiger partial charge in [-0.05, 0) is 11.8 Å². The Hall–Kier alpha value is 0. The molecule has 0 rings (SSSR count). The number of hydrogen-bond acceptors (Lipinski definition) is 0. The molecule has 0 N–H and O–H groups in total. The molecule has 116 valence electrons. The van der Waals surface area contributed by atoms with Crippen molar-refractivity contribution in [2.24, 2.45) is 11.8 Å². The lowest BCUT2D eigenvalue weighted by Crippen LogP contribution is -1.99. The monoisotopic (exact) mass is 268 g/mol. The third kappa shape index (κ3) is 14.2. The van der Waals surface area contributed by atoms with Crippen molar-refractivity contribution >= 4 is 0 Å². The molecule has 0 spiro atoms. The van der Waals surface area contributed by atoms with E-state index in [-0.39, 0.29) is 0 Å². The van der Waals surface area contributed by atoms with Crippen LogP contribution in [0.4, 0.5) is 0 Å². The van der Waals surface area contributed by atoms with E-state index in [1.54, 1.807) is 0 Å². The van der Waals surface area contributed by atoms with Crippen LogP contribution in [-0.4, -0.2) is 0 Å². The lowest BCUT2D eigenvalue weighted by atomic mass is 9.92. The summed E-state index contributed by atoms with van der Waals surface area (Å²) in [6.45, 7) is 9.51. The molecule has 0 saturated heterocycles. The first kappa shape index (κ1) is 19.0. The zero-order valence-electron chi connectivity index (χ0n) is 14.3. The largest absolute Gasteiger partial charge is 0.0654 e. The van der Waals surface area contributed by atoms with Gasteiger partial charge in [0.15, 0.2) is 0 Å². The number of hydrogen-bond donors (Lipinski definition) is 0. The van der Waals surface area contributed by atoms with Crippen LogP contribution in [-0.2, 0) is 0 Å². The fourth-order valence-electron chi connectivity index (χ4n) is 2.94. The Bertz CT molecular complexity index is 143. The fraction of sp³-hybridized carbons (Fsp3) is 1.00. The highest BCUT2D eigenvalue weighted by atomic mass is 14.1. The third-order valence-electron chi connectivity index (χ3n) is 4.49. The molecule has 0 nitrogen and oxygen atoms in total. The van der Waals surface area contributed by atoms with Crippen molar-refractivity contribution in [1.82, 2.24) is 0 Å². The van der Waals surface area contributed by atoms with Crippen molar-refractivity contribution in [3.63, 3.8) is 0 Å². The van der Waals surface area contributed by atoms with Gasteiger partial charge in [-0.3, -0.25) is 0 Å². The van der Waals surface area contributed by atoms with Gasteiger partial charge >= 0.3 is 0 Å². The predicted molar refractivity (Wildman–Crippen MR) is 89.7 cm³/mol. The summed E-state index contributed by atoms with van der Waals surface area (Å²) in [6, 6.07) is 0. The Labute approximate surface area is 123 Å². The van der Waals surface area contributed by atoms with E-state index in [9.17, 15) is 0 Å². The van der Waals surface area contributed by atoms with Crippen LogP contribution >= 0.6 is 0 Å². The smallest absolute Gasteiger partial charge is 0.0443 e. The standard InChI is InChI=1S/C19H40/c1-5-7-9-11-14-18(3)16-13-17-19(4)15-12-10-8-6-2/h18-19H,5-17H2,1-4H3/t18-,19-/m1/s1. The van der Waals surface area contributed by atoms with Crippen molar-refractivity contribution in [3.8, 4) is 0 Å². The van der Waals surface area contributed by atoms with Gasteiger partial charge in [0.25, 0.3) is 0 Å². The molecule has 0 heterocycles. The molecule has 0 bridgehead atoms. The summed E-state index contributed by atoms with van der Waals surface area (Å²) in [6.07, 6.45) is 18.7. The van der Waals surface area contributed by atoms with E-state index >= 15 is 0 Å². The third-order valence-corrected chi connectivity index (χ3v) is 4.49. The molecule has 2 atom stereocenters. The van der Waals surface area contributed by atoms with Crippen LogP contribution in [0.2, 0.25) is 0 Å². The maximum Gasteiger partial charge on any atom is -0.0443 e. The van der Waals surface area contributed by atoms with Gasteiger partial charge in [0, 0.05) is 0 Å². The van der Waals surface area contributed by atoms with Gasteiger partial charge in [-0.2, -0.15) is 0 Å². The molecule has 0 aliphatic rings. The highest BCUT2D eigenvalue weighted by Gasteiger charge is 2.05. The molecule has 0 aliphatic heterocycles. The predicted octanol–water partition coefficient (Wildman–Crippen LogP) is 7.37. The molecule has 0 radical (unpaired) electrons. The molecule has 0 aliphatic carbocycles. The SMILES string of the molecule is CCCCCC[C@@H](C)CCC[C@H](C)CCCCCC. The van der Waals surface area contributed by atoms with E-state index in [0.717, 1.165) is 11.8 Å². The first-order chi connectivity index (χ1) is 9.20. The van der Waals surface area contributed by atoms with Crippen LogP contribution in [0.3, 0.4) is 0 Å². The van der Waals surface area contributed by atoms with Crippen molar-refractivity contribution < 1.29 is 0 Å². The minimum atomic E-state index is 0.962. The van der Waals surface area contributed by atoms with E-state index in [4.69, 9.17) is 0 Å². The molecule has 0 unspecified atom stereocenters. The Morgan fingerprint density at radius 3 is 1.21 bits per heavy atom. The second kappa shape index (κ2) is 14.4. The lowest BCUT2D eigenvalue weighted by molar-refractivity contribution is 0.392. The summed E-state index contributed by atoms with van der Waals surface area (Å²) in [5.41, 5.74) is 0. The van der Waals surface area contributed by atoms with Crippen LogP contribution in [0.1, 0.15) is 111 Å². The van der Waals surface area contributed by atoms with Crippen molar-refractivity contribution in [2.45, 2.75) is 111 Å². The van der Waals surface area contributed by atoms with E-state index in [0.29, 0.717) is 0 Å². The normalized spacial score (nSPS) is 14.5. The molecule has 19 heavy (non-hydrogen) atoms. The summed E-state index contributed by atoms with van der Waals surface area (Å²) < 4.78 is 0. The average Bonchev–Trinajstić information content (AvgIpc) is 2.40. The first-order valence-corrected chi connectivity index (χ1v) is 9.20. The molecular weight excluding hydrogens is 228 g/mol. The second-order valence-corrected chi connectivity index (χ2v) is 6.84. The summed E-state index contributed by atoms with van der Waals surface area (Å²) in [5.74, 6) is 1.92. The summed E-state index contributed by atoms with van der Waals surface area (Å²) in [4.78, 5) is 0. The topological polar surface area (TPSA) is 0 Å². The second-order valence-electron chi connectivity index (χ2n) is 6.84. The molecule has 0 aromatic rings. The molecule has 0 heteroatoms. The minimum absolute atomic E-state index is 0.962. The van der Waals surface area contributed by atoms with Crippen LogP contribution in [0.5, 0.6) is 0 Å². The van der Waals surface area contributed by atoms with Crippen molar-refractivity contribution in [3.05, 3.63) is 0 Å². The van der Waals surface area contributed by atoms with Gasteiger partial charge in [0.2, 0.25) is 0 Å². The Morgan fingerprint density at radius 2 is 0.842 bits per heavy atom. The van der Waals surface area contributed by atoms with Gasteiger partial charge < -0.3 is 0 Å². The maximum atomic E-state index is 2.46. The van der Waals surface area contributed by atoms with E-state index in [1.165, 1.54) is 83.5 Å². The lowest BCUT2D eigenvalue weighted by Gasteiger charge is -2.14. The molecular formula is C19H40. The van der Waals surface area contributed by atoms with Gasteiger partial charge in [0.1, 0.15) is 0 Å². The van der Waals surface area contributed by atoms with Gasteiger partial charge in [-0.15, -0.1) is 0 Å². The quantitative estimate of drug-likeness (QED) is 0.288. The summed E-state index contributed by atoms with van der Waals surface area (Å²) in [7, 11) is 0. The highest BCUT2D eigenvalue weighted by Crippen LogP contribution is 2.21. The maximum absolute atomic E-state index is 2.46. The number of rotatable bonds is 14. The zero-order valence-corrected chi connectivity index (χ0v) is 14.3.